The van der Waals surface area contributed by atoms with Crippen molar-refractivity contribution < 1.29 is 13.7 Å². The molecule has 1 heterocycles. The van der Waals surface area contributed by atoms with Gasteiger partial charge in [-0.05, 0) is 11.6 Å². The van der Waals surface area contributed by atoms with Gasteiger partial charge >= 0.3 is 21.9 Å². The zero-order valence-electron chi connectivity index (χ0n) is 8.24. The predicted octanol–water partition coefficient (Wildman–Crippen LogP) is 1.11. The van der Waals surface area contributed by atoms with Crippen LogP contribution in [-0.4, -0.2) is 21.9 Å². The Bertz CT molecular complexity index is 128. The van der Waals surface area contributed by atoms with E-state index in [0.717, 1.165) is 0 Å². The molecule has 66 valence electrons. The molecule has 0 radical (unpaired) electrons. The molecule has 0 atom stereocenters. The van der Waals surface area contributed by atoms with Crippen molar-refractivity contribution in [1.82, 2.24) is 0 Å². The second-order valence-corrected chi connectivity index (χ2v) is 3.81. The highest BCUT2D eigenvalue weighted by Gasteiger charge is 2.36. The number of hydrogen-bond donors (Lipinski definition) is 0. The van der Waals surface area contributed by atoms with Gasteiger partial charge in [0, 0.05) is 0 Å². The molecule has 0 aliphatic carbocycles. The standard InChI is InChI=1S/C6H15B3O3/c1-5(2)8-10-7-11-9(12-8)6(3)4/h5-7H,1-4H3. The Morgan fingerprint density at radius 3 is 1.67 bits per heavy atom. The van der Waals surface area contributed by atoms with Gasteiger partial charge in [0.2, 0.25) is 0 Å². The lowest BCUT2D eigenvalue weighted by Crippen LogP contribution is -2.45. The van der Waals surface area contributed by atoms with Gasteiger partial charge < -0.3 is 13.7 Å². The molecular weight excluding hydrogens is 152 g/mol. The zero-order chi connectivity index (χ0) is 9.14. The molecule has 1 rings (SSSR count). The zero-order valence-corrected chi connectivity index (χ0v) is 8.24. The first-order chi connectivity index (χ1) is 5.61. The van der Waals surface area contributed by atoms with E-state index in [4.69, 9.17) is 13.7 Å². The van der Waals surface area contributed by atoms with E-state index in [-0.39, 0.29) is 14.2 Å². The van der Waals surface area contributed by atoms with Crippen LogP contribution in [0.1, 0.15) is 27.7 Å². The van der Waals surface area contributed by atoms with E-state index >= 15 is 0 Å². The SMILES string of the molecule is CC(C)B1OBOB(C(C)C)O1. The van der Waals surface area contributed by atoms with E-state index in [1.54, 1.807) is 0 Å². The summed E-state index contributed by atoms with van der Waals surface area (Å²) in [6.07, 6.45) is 0. The minimum Gasteiger partial charge on any atom is -0.455 e. The molecule has 0 bridgehead atoms. The van der Waals surface area contributed by atoms with Crippen LogP contribution in [0.25, 0.3) is 0 Å². The van der Waals surface area contributed by atoms with Crippen LogP contribution in [0.2, 0.25) is 11.6 Å². The normalized spacial score (nSPS) is 18.8. The van der Waals surface area contributed by atoms with Crippen molar-refractivity contribution in [2.75, 3.05) is 0 Å². The highest BCUT2D eigenvalue weighted by Crippen LogP contribution is 2.20. The molecule has 6 heteroatoms. The highest BCUT2D eigenvalue weighted by atomic mass is 16.7. The second kappa shape index (κ2) is 4.35. The van der Waals surface area contributed by atoms with Gasteiger partial charge in [-0.1, -0.05) is 27.7 Å². The van der Waals surface area contributed by atoms with Crippen LogP contribution >= 0.6 is 0 Å². The van der Waals surface area contributed by atoms with Crippen LogP contribution in [0.5, 0.6) is 0 Å². The van der Waals surface area contributed by atoms with Crippen LogP contribution in [0.4, 0.5) is 0 Å². The third-order valence-electron chi connectivity index (χ3n) is 1.82. The Kier molecular flexibility index (Phi) is 3.68. The van der Waals surface area contributed by atoms with Gasteiger partial charge in [0.1, 0.15) is 0 Å². The maximum atomic E-state index is 5.56. The van der Waals surface area contributed by atoms with Crippen molar-refractivity contribution in [3.63, 3.8) is 0 Å². The van der Waals surface area contributed by atoms with Gasteiger partial charge in [-0.3, -0.25) is 0 Å². The van der Waals surface area contributed by atoms with Gasteiger partial charge in [0.05, 0.1) is 0 Å². The summed E-state index contributed by atoms with van der Waals surface area (Å²) in [4.78, 5) is 0. The lowest BCUT2D eigenvalue weighted by atomic mass is 9.63. The smallest absolute Gasteiger partial charge is 0.432 e. The summed E-state index contributed by atoms with van der Waals surface area (Å²) >= 11 is 0. The molecule has 1 aliphatic rings. The average molecular weight is 168 g/mol. The van der Waals surface area contributed by atoms with E-state index in [2.05, 4.69) is 27.7 Å². The van der Waals surface area contributed by atoms with Crippen LogP contribution in [0.3, 0.4) is 0 Å². The van der Waals surface area contributed by atoms with Gasteiger partial charge in [-0.15, -0.1) is 0 Å². The molecule has 1 saturated heterocycles. The molecule has 0 spiro atoms. The largest absolute Gasteiger partial charge is 0.455 e. The topological polar surface area (TPSA) is 27.7 Å². The van der Waals surface area contributed by atoms with Crippen LogP contribution in [0, 0.1) is 0 Å². The molecule has 0 saturated carbocycles. The summed E-state index contributed by atoms with van der Waals surface area (Å²) in [5.41, 5.74) is 0. The van der Waals surface area contributed by atoms with Gasteiger partial charge in [-0.2, -0.15) is 0 Å². The van der Waals surface area contributed by atoms with Gasteiger partial charge in [-0.25, -0.2) is 0 Å². The molecule has 1 fully saturated rings. The van der Waals surface area contributed by atoms with Crippen LogP contribution in [-0.2, 0) is 13.7 Å². The first-order valence-electron chi connectivity index (χ1n) is 4.50. The first-order valence-corrected chi connectivity index (χ1v) is 4.50. The number of hydrogen-bond acceptors (Lipinski definition) is 3. The molecule has 0 aromatic carbocycles. The summed E-state index contributed by atoms with van der Waals surface area (Å²) in [7, 11) is 0.142. The van der Waals surface area contributed by atoms with Gasteiger partial charge in [0.25, 0.3) is 0 Å². The highest BCUT2D eigenvalue weighted by molar-refractivity contribution is 6.69. The van der Waals surface area contributed by atoms with Crippen LogP contribution < -0.4 is 0 Å². The second-order valence-electron chi connectivity index (χ2n) is 3.81. The van der Waals surface area contributed by atoms with Crippen molar-refractivity contribution in [1.29, 1.82) is 0 Å². The predicted molar refractivity (Wildman–Crippen MR) is 52.1 cm³/mol. The van der Waals surface area contributed by atoms with E-state index in [0.29, 0.717) is 19.3 Å². The summed E-state index contributed by atoms with van der Waals surface area (Å²) in [5, 5.41) is 0. The lowest BCUT2D eigenvalue weighted by molar-refractivity contribution is 0.287. The molecule has 0 N–H and O–H groups in total. The quantitative estimate of drug-likeness (QED) is 0.577. The third-order valence-corrected chi connectivity index (χ3v) is 1.82. The summed E-state index contributed by atoms with van der Waals surface area (Å²) in [6.45, 7) is 8.31. The lowest BCUT2D eigenvalue weighted by Gasteiger charge is -2.29. The fraction of sp³-hybridized carbons (Fsp3) is 1.00. The fourth-order valence-corrected chi connectivity index (χ4v) is 1.08. The minimum absolute atomic E-state index is 0.105. The van der Waals surface area contributed by atoms with Gasteiger partial charge in [0.15, 0.2) is 0 Å². The maximum absolute atomic E-state index is 5.56. The molecule has 0 unspecified atom stereocenters. The number of rotatable bonds is 2. The Morgan fingerprint density at radius 1 is 0.917 bits per heavy atom. The Morgan fingerprint density at radius 2 is 1.33 bits per heavy atom. The third kappa shape index (κ3) is 2.54. The van der Waals surface area contributed by atoms with E-state index < -0.39 is 0 Å². The molecule has 12 heavy (non-hydrogen) atoms. The summed E-state index contributed by atoms with van der Waals surface area (Å²) in [5.74, 6) is 0.769. The van der Waals surface area contributed by atoms with E-state index in [1.807, 2.05) is 0 Å². The van der Waals surface area contributed by atoms with Crippen LogP contribution in [0.15, 0.2) is 0 Å². The maximum Gasteiger partial charge on any atom is 0.432 e. The van der Waals surface area contributed by atoms with E-state index in [1.165, 1.54) is 0 Å². The Balaban J connectivity index is 2.40. The fourth-order valence-electron chi connectivity index (χ4n) is 1.08. The monoisotopic (exact) mass is 168 g/mol. The van der Waals surface area contributed by atoms with Crippen molar-refractivity contribution in [3.05, 3.63) is 0 Å². The first kappa shape index (κ1) is 10.2. The Hall–Kier alpha value is 0.0748. The minimum atomic E-state index is -0.105. The molecule has 3 nitrogen and oxygen atoms in total. The Labute approximate surface area is 75.7 Å². The average Bonchev–Trinajstić information content (AvgIpc) is 2.04. The summed E-state index contributed by atoms with van der Waals surface area (Å²) in [6, 6.07) is 0. The van der Waals surface area contributed by atoms with E-state index in [9.17, 15) is 0 Å². The van der Waals surface area contributed by atoms with Crippen molar-refractivity contribution in [3.8, 4) is 0 Å². The molecule has 0 aromatic heterocycles. The molecule has 0 aromatic rings. The molecule has 1 aliphatic heterocycles. The summed E-state index contributed by atoms with van der Waals surface area (Å²) < 4.78 is 16.1. The van der Waals surface area contributed by atoms with Crippen molar-refractivity contribution in [2.45, 2.75) is 39.3 Å². The molecular formula is C6H15B3O3. The van der Waals surface area contributed by atoms with Crippen molar-refractivity contribution >= 4 is 21.9 Å². The molecule has 0 amide bonds. The van der Waals surface area contributed by atoms with Crippen molar-refractivity contribution in [2.24, 2.45) is 0 Å².